The molecule has 1 aromatic carbocycles. The molecule has 1 aliphatic carbocycles. The Labute approximate surface area is 139 Å². The van der Waals surface area contributed by atoms with Crippen molar-refractivity contribution in [2.75, 3.05) is 12.0 Å². The Balaban J connectivity index is 1.61. The lowest BCUT2D eigenvalue weighted by Crippen LogP contribution is -2.44. The summed E-state index contributed by atoms with van der Waals surface area (Å²) in [6.45, 7) is 3.60. The van der Waals surface area contributed by atoms with Crippen molar-refractivity contribution < 1.29 is 9.90 Å². The fourth-order valence-electron chi connectivity index (χ4n) is 3.95. The van der Waals surface area contributed by atoms with Gasteiger partial charge in [0.05, 0.1) is 22.5 Å². The zero-order chi connectivity index (χ0) is 16.5. The quantitative estimate of drug-likeness (QED) is 0.785. The first-order valence-corrected chi connectivity index (χ1v) is 8.50. The van der Waals surface area contributed by atoms with Crippen LogP contribution in [0.15, 0.2) is 18.2 Å². The third-order valence-electron chi connectivity index (χ3n) is 5.75. The van der Waals surface area contributed by atoms with Crippen LogP contribution in [0, 0.1) is 5.41 Å². The normalized spacial score (nSPS) is 22.5. The maximum Gasteiger partial charge on any atom is 0.270 e. The van der Waals surface area contributed by atoms with Crippen LogP contribution in [0.5, 0.6) is 0 Å². The minimum absolute atomic E-state index is 0.0437. The van der Waals surface area contributed by atoms with Gasteiger partial charge in [0.2, 0.25) is 0 Å². The number of rotatable bonds is 2. The number of hydrogen-bond donors (Lipinski definition) is 3. The minimum atomic E-state index is -0.404. The van der Waals surface area contributed by atoms with Gasteiger partial charge in [-0.25, -0.2) is 0 Å². The van der Waals surface area contributed by atoms with Gasteiger partial charge in [0.15, 0.2) is 0 Å². The van der Waals surface area contributed by atoms with E-state index in [1.165, 1.54) is 0 Å². The number of hydrazine groups is 1. The Bertz CT molecular complexity index is 875. The number of fused-ring (bicyclic) bond motifs is 2. The number of nitrogens with one attached hydrogen (secondary N) is 2. The summed E-state index contributed by atoms with van der Waals surface area (Å²) in [5.41, 5.74) is 10.5. The molecular formula is C18H20N4O2. The largest absolute Gasteiger partial charge is 0.378 e. The maximum absolute atomic E-state index is 12.1. The smallest absolute Gasteiger partial charge is 0.270 e. The van der Waals surface area contributed by atoms with Crippen LogP contribution in [-0.4, -0.2) is 33.7 Å². The van der Waals surface area contributed by atoms with E-state index in [-0.39, 0.29) is 11.3 Å². The third kappa shape index (κ3) is 1.90. The molecule has 24 heavy (non-hydrogen) atoms. The van der Waals surface area contributed by atoms with E-state index in [0.29, 0.717) is 12.1 Å². The van der Waals surface area contributed by atoms with Crippen LogP contribution in [0.2, 0.25) is 0 Å². The van der Waals surface area contributed by atoms with Gasteiger partial charge in [-0.1, -0.05) is 13.0 Å². The number of aliphatic hydroxyl groups excluding tert-OH is 1. The monoisotopic (exact) mass is 324 g/mol. The van der Waals surface area contributed by atoms with E-state index in [1.807, 2.05) is 18.2 Å². The molecule has 6 heteroatoms. The zero-order valence-electron chi connectivity index (χ0n) is 13.6. The van der Waals surface area contributed by atoms with Crippen molar-refractivity contribution in [1.82, 2.24) is 15.3 Å². The van der Waals surface area contributed by atoms with E-state index in [0.717, 1.165) is 53.7 Å². The molecule has 1 aromatic heterocycles. The Morgan fingerprint density at radius 2 is 2.17 bits per heavy atom. The highest BCUT2D eigenvalue weighted by Crippen LogP contribution is 2.49. The standard InChI is InChI=1S/C18H20N4O2/c1-18(6-7-18)17(24)22-8-5-10-13(9-22)19-12-4-2-3-11-14(12)15(10)20-21-16(11)23/h2-4,17,20,24H,5-9H2,1H3,(H,21,23). The van der Waals surface area contributed by atoms with Gasteiger partial charge in [0, 0.05) is 29.5 Å². The van der Waals surface area contributed by atoms with Crippen molar-refractivity contribution in [3.05, 3.63) is 35.0 Å². The van der Waals surface area contributed by atoms with Crippen LogP contribution in [0.4, 0.5) is 5.69 Å². The average Bonchev–Trinajstić information content (AvgIpc) is 3.35. The summed E-state index contributed by atoms with van der Waals surface area (Å²) < 4.78 is 0. The Hall–Kier alpha value is -2.18. The maximum atomic E-state index is 12.1. The van der Waals surface area contributed by atoms with Crippen LogP contribution in [0.25, 0.3) is 10.9 Å². The number of carbonyl (C=O) groups excluding carboxylic acids is 1. The van der Waals surface area contributed by atoms with E-state index in [9.17, 15) is 9.90 Å². The summed E-state index contributed by atoms with van der Waals surface area (Å²) in [4.78, 5) is 19.0. The number of hydrogen-bond acceptors (Lipinski definition) is 5. The van der Waals surface area contributed by atoms with Crippen LogP contribution in [0.3, 0.4) is 0 Å². The molecule has 6 nitrogen and oxygen atoms in total. The molecule has 0 spiro atoms. The Morgan fingerprint density at radius 1 is 1.33 bits per heavy atom. The van der Waals surface area contributed by atoms with Crippen molar-refractivity contribution >= 4 is 22.5 Å². The Morgan fingerprint density at radius 3 is 2.96 bits per heavy atom. The summed E-state index contributed by atoms with van der Waals surface area (Å²) >= 11 is 0. The summed E-state index contributed by atoms with van der Waals surface area (Å²) in [5.74, 6) is -0.121. The van der Waals surface area contributed by atoms with Crippen molar-refractivity contribution in [3.63, 3.8) is 0 Å². The molecule has 3 N–H and O–H groups in total. The number of pyridine rings is 1. The summed E-state index contributed by atoms with van der Waals surface area (Å²) in [6.07, 6.45) is 2.59. The molecule has 3 aliphatic rings. The fourth-order valence-corrected chi connectivity index (χ4v) is 3.95. The molecule has 5 rings (SSSR count). The van der Waals surface area contributed by atoms with Gasteiger partial charge in [0.25, 0.3) is 5.91 Å². The van der Waals surface area contributed by atoms with Crippen molar-refractivity contribution in [1.29, 1.82) is 0 Å². The Kier molecular flexibility index (Phi) is 2.76. The van der Waals surface area contributed by atoms with E-state index in [4.69, 9.17) is 4.98 Å². The van der Waals surface area contributed by atoms with Crippen LogP contribution >= 0.6 is 0 Å². The molecule has 2 aromatic rings. The SMILES string of the molecule is CC1(C(O)N2CCc3c(nc4cccc5c4c3NNC5=O)C2)CC1. The molecule has 0 radical (unpaired) electrons. The number of anilines is 1. The van der Waals surface area contributed by atoms with Crippen LogP contribution < -0.4 is 10.9 Å². The lowest BCUT2D eigenvalue weighted by Gasteiger charge is -2.36. The highest BCUT2D eigenvalue weighted by atomic mass is 16.3. The van der Waals surface area contributed by atoms with Crippen molar-refractivity contribution in [2.45, 2.75) is 39.0 Å². The van der Waals surface area contributed by atoms with Gasteiger partial charge < -0.3 is 5.11 Å². The molecule has 3 heterocycles. The second-order valence-electron chi connectivity index (χ2n) is 7.44. The lowest BCUT2D eigenvalue weighted by atomic mass is 9.94. The van der Waals surface area contributed by atoms with Gasteiger partial charge in [-0.05, 0) is 31.4 Å². The first-order chi connectivity index (χ1) is 11.6. The van der Waals surface area contributed by atoms with Crippen LogP contribution in [0.1, 0.15) is 41.4 Å². The topological polar surface area (TPSA) is 77.5 Å². The minimum Gasteiger partial charge on any atom is -0.378 e. The van der Waals surface area contributed by atoms with Crippen LogP contribution in [-0.2, 0) is 13.0 Å². The number of carbonyl (C=O) groups is 1. The average molecular weight is 324 g/mol. The highest BCUT2D eigenvalue weighted by molar-refractivity contribution is 6.14. The number of aromatic nitrogens is 1. The van der Waals surface area contributed by atoms with E-state index >= 15 is 0 Å². The predicted octanol–water partition coefficient (Wildman–Crippen LogP) is 1.78. The molecule has 124 valence electrons. The number of amides is 1. The van der Waals surface area contributed by atoms with E-state index in [2.05, 4.69) is 22.7 Å². The summed E-state index contributed by atoms with van der Waals surface area (Å²) in [7, 11) is 0. The second-order valence-corrected chi connectivity index (χ2v) is 7.44. The van der Waals surface area contributed by atoms with Gasteiger partial charge in [-0.3, -0.25) is 25.5 Å². The molecule has 1 fully saturated rings. The number of benzene rings is 1. The molecule has 1 atom stereocenters. The molecule has 2 aliphatic heterocycles. The predicted molar refractivity (Wildman–Crippen MR) is 90.3 cm³/mol. The van der Waals surface area contributed by atoms with Crippen molar-refractivity contribution in [2.24, 2.45) is 5.41 Å². The van der Waals surface area contributed by atoms with Gasteiger partial charge in [-0.15, -0.1) is 0 Å². The fraction of sp³-hybridized carbons (Fsp3) is 0.444. The summed E-state index contributed by atoms with van der Waals surface area (Å²) in [5, 5.41) is 11.6. The zero-order valence-corrected chi connectivity index (χ0v) is 13.6. The lowest BCUT2D eigenvalue weighted by molar-refractivity contribution is -0.0538. The third-order valence-corrected chi connectivity index (χ3v) is 5.75. The molecule has 1 amide bonds. The number of nitrogens with zero attached hydrogens (tertiary/aromatic N) is 2. The summed E-state index contributed by atoms with van der Waals surface area (Å²) in [6, 6.07) is 5.65. The molecule has 0 bridgehead atoms. The number of aliphatic hydroxyl groups is 1. The second kappa shape index (κ2) is 4.68. The molecule has 0 saturated heterocycles. The molecule has 1 saturated carbocycles. The van der Waals surface area contributed by atoms with Gasteiger partial charge in [0.1, 0.15) is 6.23 Å². The van der Waals surface area contributed by atoms with Crippen molar-refractivity contribution in [3.8, 4) is 0 Å². The van der Waals surface area contributed by atoms with E-state index < -0.39 is 6.23 Å². The van der Waals surface area contributed by atoms with Gasteiger partial charge in [-0.2, -0.15) is 0 Å². The van der Waals surface area contributed by atoms with E-state index in [1.54, 1.807) is 0 Å². The van der Waals surface area contributed by atoms with Gasteiger partial charge >= 0.3 is 0 Å². The first-order valence-electron chi connectivity index (χ1n) is 8.50. The molecular weight excluding hydrogens is 304 g/mol. The molecule has 1 unspecified atom stereocenters. The first kappa shape index (κ1) is 14.2. The highest BCUT2D eigenvalue weighted by Gasteiger charge is 2.47.